The molecule has 10 heteroatoms. The highest BCUT2D eigenvalue weighted by Crippen LogP contribution is 2.32. The molecule has 0 saturated carbocycles. The number of fused-ring (bicyclic) bond motifs is 1. The summed E-state index contributed by atoms with van der Waals surface area (Å²) >= 11 is 6.48. The first-order valence-electron chi connectivity index (χ1n) is 8.97. The van der Waals surface area contributed by atoms with Crippen LogP contribution in [-0.2, 0) is 14.3 Å². The van der Waals surface area contributed by atoms with E-state index in [1.165, 1.54) is 21.1 Å². The highest BCUT2D eigenvalue weighted by atomic mass is 32.2. The first-order chi connectivity index (χ1) is 14.0. The van der Waals surface area contributed by atoms with Gasteiger partial charge in [-0.2, -0.15) is 0 Å². The van der Waals surface area contributed by atoms with Gasteiger partial charge in [-0.3, -0.25) is 18.9 Å². The second-order valence-electron chi connectivity index (χ2n) is 6.31. The van der Waals surface area contributed by atoms with Crippen LogP contribution in [0, 0.1) is 6.92 Å². The standard InChI is InChI=1S/C19H22N4O4S2/c1-12-5-4-7-22-16(12)21-15(20-6-9-26-2)13(17(22)24)11-14-18(25)23(8-10-27-3)19(28)29-14/h4-5,7,11,20H,6,8-10H2,1-3H3/b14-11-. The lowest BCUT2D eigenvalue weighted by Gasteiger charge is -2.13. The van der Waals surface area contributed by atoms with Crippen molar-refractivity contribution < 1.29 is 14.3 Å². The molecular formula is C19H22N4O4S2. The second-order valence-corrected chi connectivity index (χ2v) is 7.99. The van der Waals surface area contributed by atoms with Gasteiger partial charge in [-0.1, -0.05) is 30.0 Å². The number of nitrogens with one attached hydrogen (secondary N) is 1. The molecule has 0 bridgehead atoms. The Morgan fingerprint density at radius 2 is 2.03 bits per heavy atom. The van der Waals surface area contributed by atoms with E-state index >= 15 is 0 Å². The Hall–Kier alpha value is -2.27. The summed E-state index contributed by atoms with van der Waals surface area (Å²) < 4.78 is 12.0. The van der Waals surface area contributed by atoms with Gasteiger partial charge in [0, 0.05) is 27.0 Å². The van der Waals surface area contributed by atoms with Crippen LogP contribution in [0.4, 0.5) is 5.82 Å². The SMILES string of the molecule is COCCNc1nc2c(C)cccn2c(=O)c1/C=C1\SC(=S)N(CCOC)C1=O. The predicted octanol–water partition coefficient (Wildman–Crippen LogP) is 1.91. The molecule has 1 saturated heterocycles. The van der Waals surface area contributed by atoms with Crippen LogP contribution in [-0.4, -0.2) is 65.0 Å². The molecule has 0 atom stereocenters. The monoisotopic (exact) mass is 434 g/mol. The average molecular weight is 435 g/mol. The first-order valence-corrected chi connectivity index (χ1v) is 10.2. The van der Waals surface area contributed by atoms with Gasteiger partial charge in [-0.15, -0.1) is 0 Å². The quantitative estimate of drug-likeness (QED) is 0.383. The molecule has 0 aliphatic carbocycles. The number of thiocarbonyl (C=S) groups is 1. The van der Waals surface area contributed by atoms with Crippen molar-refractivity contribution in [2.24, 2.45) is 0 Å². The van der Waals surface area contributed by atoms with Crippen molar-refractivity contribution in [3.63, 3.8) is 0 Å². The summed E-state index contributed by atoms with van der Waals surface area (Å²) in [6.07, 6.45) is 3.23. The van der Waals surface area contributed by atoms with Gasteiger partial charge in [0.2, 0.25) is 0 Å². The first kappa shape index (κ1) is 21.4. The molecule has 0 unspecified atom stereocenters. The zero-order valence-corrected chi connectivity index (χ0v) is 18.1. The van der Waals surface area contributed by atoms with Gasteiger partial charge in [-0.05, 0) is 24.6 Å². The summed E-state index contributed by atoms with van der Waals surface area (Å²) in [7, 11) is 3.16. The fourth-order valence-electron chi connectivity index (χ4n) is 2.85. The topological polar surface area (TPSA) is 85.2 Å². The van der Waals surface area contributed by atoms with Crippen LogP contribution >= 0.6 is 24.0 Å². The zero-order valence-electron chi connectivity index (χ0n) is 16.4. The van der Waals surface area contributed by atoms with Crippen molar-refractivity contribution in [3.8, 4) is 0 Å². The third-order valence-electron chi connectivity index (χ3n) is 4.35. The van der Waals surface area contributed by atoms with Crippen LogP contribution in [0.2, 0.25) is 0 Å². The van der Waals surface area contributed by atoms with Gasteiger partial charge < -0.3 is 14.8 Å². The molecule has 3 heterocycles. The predicted molar refractivity (Wildman–Crippen MR) is 118 cm³/mol. The number of aryl methyl sites for hydroxylation is 1. The van der Waals surface area contributed by atoms with Gasteiger partial charge in [0.15, 0.2) is 0 Å². The molecule has 3 rings (SSSR count). The summed E-state index contributed by atoms with van der Waals surface area (Å²) in [5, 5.41) is 3.14. The molecule has 1 aliphatic heterocycles. The van der Waals surface area contributed by atoms with Gasteiger partial charge >= 0.3 is 0 Å². The van der Waals surface area contributed by atoms with E-state index in [1.807, 2.05) is 13.0 Å². The van der Waals surface area contributed by atoms with E-state index in [0.717, 1.165) is 5.56 Å². The number of thioether (sulfide) groups is 1. The molecule has 2 aromatic heterocycles. The van der Waals surface area contributed by atoms with Crippen molar-refractivity contribution >= 4 is 51.7 Å². The molecule has 8 nitrogen and oxygen atoms in total. The van der Waals surface area contributed by atoms with Crippen molar-refractivity contribution in [1.82, 2.24) is 14.3 Å². The third kappa shape index (κ3) is 4.50. The number of nitrogens with zero attached hydrogens (tertiary/aromatic N) is 3. The van der Waals surface area contributed by atoms with Gasteiger partial charge in [0.1, 0.15) is 15.8 Å². The van der Waals surface area contributed by atoms with E-state index < -0.39 is 0 Å². The van der Waals surface area contributed by atoms with Crippen LogP contribution in [0.1, 0.15) is 11.1 Å². The van der Waals surface area contributed by atoms with Crippen molar-refractivity contribution in [2.45, 2.75) is 6.92 Å². The lowest BCUT2D eigenvalue weighted by Crippen LogP contribution is -2.31. The largest absolute Gasteiger partial charge is 0.383 e. The fraction of sp³-hybridized carbons (Fsp3) is 0.368. The van der Waals surface area contributed by atoms with Gasteiger partial charge in [0.25, 0.3) is 11.5 Å². The molecular weight excluding hydrogens is 412 g/mol. The van der Waals surface area contributed by atoms with E-state index in [-0.39, 0.29) is 11.5 Å². The Morgan fingerprint density at radius 1 is 1.28 bits per heavy atom. The van der Waals surface area contributed by atoms with E-state index in [9.17, 15) is 9.59 Å². The summed E-state index contributed by atoms with van der Waals surface area (Å²) in [4.78, 5) is 32.4. The number of carbonyl (C=O) groups is 1. The molecule has 0 aromatic carbocycles. The number of hydrogen-bond acceptors (Lipinski definition) is 8. The summed E-state index contributed by atoms with van der Waals surface area (Å²) in [6, 6.07) is 3.68. The Morgan fingerprint density at radius 3 is 2.76 bits per heavy atom. The van der Waals surface area contributed by atoms with E-state index in [4.69, 9.17) is 21.7 Å². The molecule has 2 aromatic rings. The van der Waals surface area contributed by atoms with Crippen LogP contribution < -0.4 is 10.9 Å². The molecule has 1 N–H and O–H groups in total. The molecule has 1 amide bonds. The minimum Gasteiger partial charge on any atom is -0.383 e. The summed E-state index contributed by atoms with van der Waals surface area (Å²) in [5.74, 6) is 0.164. The molecule has 0 spiro atoms. The summed E-state index contributed by atoms with van der Waals surface area (Å²) in [6.45, 7) is 3.56. The molecule has 1 fully saturated rings. The third-order valence-corrected chi connectivity index (χ3v) is 5.73. The normalized spacial score (nSPS) is 15.7. The molecule has 154 valence electrons. The number of carbonyl (C=O) groups excluding carboxylic acids is 1. The second kappa shape index (κ2) is 9.49. The maximum atomic E-state index is 13.2. The zero-order chi connectivity index (χ0) is 21.0. The summed E-state index contributed by atoms with van der Waals surface area (Å²) in [5.41, 5.74) is 1.47. The maximum Gasteiger partial charge on any atom is 0.267 e. The van der Waals surface area contributed by atoms with E-state index in [2.05, 4.69) is 10.3 Å². The molecule has 0 radical (unpaired) electrons. The highest BCUT2D eigenvalue weighted by molar-refractivity contribution is 8.26. The fourth-order valence-corrected chi connectivity index (χ4v) is 4.14. The highest BCUT2D eigenvalue weighted by Gasteiger charge is 2.32. The lowest BCUT2D eigenvalue weighted by molar-refractivity contribution is -0.122. The van der Waals surface area contributed by atoms with Crippen LogP contribution in [0.3, 0.4) is 0 Å². The molecule has 29 heavy (non-hydrogen) atoms. The van der Waals surface area contributed by atoms with Gasteiger partial charge in [0.05, 0.1) is 30.2 Å². The Bertz CT molecular complexity index is 1030. The van der Waals surface area contributed by atoms with Crippen molar-refractivity contribution in [1.29, 1.82) is 0 Å². The average Bonchev–Trinajstić information content (AvgIpc) is 2.97. The van der Waals surface area contributed by atoms with E-state index in [0.29, 0.717) is 52.6 Å². The number of anilines is 1. The number of aromatic nitrogens is 2. The number of amides is 1. The van der Waals surface area contributed by atoms with Crippen molar-refractivity contribution in [2.75, 3.05) is 45.8 Å². The number of ether oxygens (including phenoxy) is 2. The van der Waals surface area contributed by atoms with Crippen molar-refractivity contribution in [3.05, 3.63) is 44.7 Å². The number of rotatable bonds is 8. The Balaban J connectivity index is 2.07. The number of hydrogen-bond donors (Lipinski definition) is 1. The Labute approximate surface area is 177 Å². The van der Waals surface area contributed by atoms with Crippen LogP contribution in [0.25, 0.3) is 11.7 Å². The minimum absolute atomic E-state index is 0.242. The van der Waals surface area contributed by atoms with Crippen LogP contribution in [0.5, 0.6) is 0 Å². The molecule has 1 aliphatic rings. The lowest BCUT2D eigenvalue weighted by atomic mass is 10.2. The maximum absolute atomic E-state index is 13.2. The minimum atomic E-state index is -0.263. The Kier molecular flexibility index (Phi) is 7.01. The van der Waals surface area contributed by atoms with E-state index in [1.54, 1.807) is 32.6 Å². The number of methoxy groups -OCH3 is 2. The smallest absolute Gasteiger partial charge is 0.267 e. The van der Waals surface area contributed by atoms with Gasteiger partial charge in [-0.25, -0.2) is 4.98 Å². The number of pyridine rings is 1. The van der Waals surface area contributed by atoms with Crippen LogP contribution in [0.15, 0.2) is 28.0 Å².